The van der Waals surface area contributed by atoms with Crippen molar-refractivity contribution in [2.24, 2.45) is 0 Å². The third-order valence-electron chi connectivity index (χ3n) is 6.96. The molecule has 0 fully saturated rings. The van der Waals surface area contributed by atoms with Crippen molar-refractivity contribution in [3.05, 3.63) is 138 Å². The fraction of sp³-hybridized carbons (Fsp3) is 0. The van der Waals surface area contributed by atoms with Gasteiger partial charge in [0.1, 0.15) is 0 Å². The summed E-state index contributed by atoms with van der Waals surface area (Å²) in [5.74, 6) is 1.91. The SMILES string of the molecule is Clc1cc(-c2cccc(-c3nc(-c4ccccc4)nc(-c4cccc5ccccc45)n3)c2)c2ccccc2c1. The molecule has 7 aromatic rings. The first kappa shape index (κ1) is 23.3. The summed E-state index contributed by atoms with van der Waals surface area (Å²) < 4.78 is 0. The Morgan fingerprint density at radius 3 is 1.77 bits per heavy atom. The number of halogens is 1. The molecule has 3 nitrogen and oxygen atoms in total. The second kappa shape index (κ2) is 9.79. The van der Waals surface area contributed by atoms with Crippen LogP contribution in [0.15, 0.2) is 133 Å². The standard InChI is InChI=1S/C35H22ClN3/c36-28-21-26-13-5-7-18-30(26)32(22-28)25-15-8-16-27(20-25)34-37-33(24-11-2-1-3-12-24)38-35(39-34)31-19-9-14-23-10-4-6-17-29(23)31/h1-22H. The van der Waals surface area contributed by atoms with Gasteiger partial charge in [-0.05, 0) is 50.9 Å². The van der Waals surface area contributed by atoms with Crippen molar-refractivity contribution in [2.45, 2.75) is 0 Å². The third-order valence-corrected chi connectivity index (χ3v) is 7.17. The summed E-state index contributed by atoms with van der Waals surface area (Å²) >= 11 is 6.52. The number of hydrogen-bond acceptors (Lipinski definition) is 3. The Bertz CT molecular complexity index is 1980. The van der Waals surface area contributed by atoms with Crippen molar-refractivity contribution in [1.82, 2.24) is 15.0 Å². The molecule has 1 aromatic heterocycles. The van der Waals surface area contributed by atoms with Crippen LogP contribution in [0.1, 0.15) is 0 Å². The molecule has 0 bridgehead atoms. The van der Waals surface area contributed by atoms with E-state index in [4.69, 9.17) is 26.6 Å². The van der Waals surface area contributed by atoms with Crippen LogP contribution in [-0.4, -0.2) is 15.0 Å². The molecule has 6 aromatic carbocycles. The Balaban J connectivity index is 1.44. The Labute approximate surface area is 231 Å². The van der Waals surface area contributed by atoms with E-state index in [9.17, 15) is 0 Å². The fourth-order valence-corrected chi connectivity index (χ4v) is 5.33. The zero-order valence-electron chi connectivity index (χ0n) is 20.9. The van der Waals surface area contributed by atoms with E-state index in [2.05, 4.69) is 54.6 Å². The molecule has 7 rings (SSSR count). The highest BCUT2D eigenvalue weighted by Crippen LogP contribution is 2.35. The Morgan fingerprint density at radius 1 is 0.385 bits per heavy atom. The highest BCUT2D eigenvalue weighted by Gasteiger charge is 2.15. The summed E-state index contributed by atoms with van der Waals surface area (Å²) in [4.78, 5) is 14.9. The number of benzene rings is 6. The van der Waals surface area contributed by atoms with E-state index in [-0.39, 0.29) is 0 Å². The molecule has 39 heavy (non-hydrogen) atoms. The molecule has 0 radical (unpaired) electrons. The predicted molar refractivity (Wildman–Crippen MR) is 162 cm³/mol. The Hall–Kier alpha value is -4.86. The molecule has 0 amide bonds. The lowest BCUT2D eigenvalue weighted by Gasteiger charge is -2.12. The molecule has 184 valence electrons. The second-order valence-electron chi connectivity index (χ2n) is 9.45. The molecule has 0 aliphatic heterocycles. The number of rotatable bonds is 4. The summed E-state index contributed by atoms with van der Waals surface area (Å²) in [6.45, 7) is 0. The summed E-state index contributed by atoms with van der Waals surface area (Å²) in [5, 5.41) is 5.22. The van der Waals surface area contributed by atoms with Crippen LogP contribution in [-0.2, 0) is 0 Å². The normalized spacial score (nSPS) is 11.2. The lowest BCUT2D eigenvalue weighted by atomic mass is 9.97. The van der Waals surface area contributed by atoms with Gasteiger partial charge in [0.15, 0.2) is 17.5 Å². The maximum Gasteiger partial charge on any atom is 0.164 e. The maximum absolute atomic E-state index is 6.52. The van der Waals surface area contributed by atoms with Crippen molar-refractivity contribution >= 4 is 33.1 Å². The van der Waals surface area contributed by atoms with E-state index in [1.165, 1.54) is 0 Å². The van der Waals surface area contributed by atoms with Crippen LogP contribution in [0.3, 0.4) is 0 Å². The van der Waals surface area contributed by atoms with Gasteiger partial charge in [-0.15, -0.1) is 0 Å². The number of nitrogens with zero attached hydrogens (tertiary/aromatic N) is 3. The molecule has 0 N–H and O–H groups in total. The van der Waals surface area contributed by atoms with Crippen LogP contribution in [0, 0.1) is 0 Å². The minimum absolute atomic E-state index is 0.625. The van der Waals surface area contributed by atoms with Gasteiger partial charge in [0, 0.05) is 21.7 Å². The van der Waals surface area contributed by atoms with Gasteiger partial charge in [-0.2, -0.15) is 0 Å². The van der Waals surface area contributed by atoms with Crippen LogP contribution in [0.4, 0.5) is 0 Å². The molecule has 0 aliphatic rings. The van der Waals surface area contributed by atoms with Gasteiger partial charge in [-0.1, -0.05) is 127 Å². The molecular formula is C35H22ClN3. The number of fused-ring (bicyclic) bond motifs is 2. The first-order valence-electron chi connectivity index (χ1n) is 12.8. The van der Waals surface area contributed by atoms with Crippen LogP contribution < -0.4 is 0 Å². The third kappa shape index (κ3) is 4.43. The van der Waals surface area contributed by atoms with Gasteiger partial charge in [-0.25, -0.2) is 15.0 Å². The van der Waals surface area contributed by atoms with E-state index in [1.54, 1.807) is 0 Å². The summed E-state index contributed by atoms with van der Waals surface area (Å²) in [6.07, 6.45) is 0. The minimum atomic E-state index is 0.625. The highest BCUT2D eigenvalue weighted by atomic mass is 35.5. The van der Waals surface area contributed by atoms with E-state index in [1.807, 2.05) is 78.9 Å². The predicted octanol–water partition coefficient (Wildman–Crippen LogP) is 9.50. The molecule has 0 saturated heterocycles. The molecular weight excluding hydrogens is 498 g/mol. The lowest BCUT2D eigenvalue weighted by molar-refractivity contribution is 1.08. The van der Waals surface area contributed by atoms with Gasteiger partial charge < -0.3 is 0 Å². The van der Waals surface area contributed by atoms with Crippen molar-refractivity contribution in [1.29, 1.82) is 0 Å². The average Bonchev–Trinajstić information content (AvgIpc) is 3.00. The average molecular weight is 520 g/mol. The van der Waals surface area contributed by atoms with E-state index < -0.39 is 0 Å². The van der Waals surface area contributed by atoms with Gasteiger partial charge in [0.2, 0.25) is 0 Å². The van der Waals surface area contributed by atoms with Crippen LogP contribution in [0.5, 0.6) is 0 Å². The number of aromatic nitrogens is 3. The van der Waals surface area contributed by atoms with Crippen LogP contribution >= 0.6 is 11.6 Å². The first-order chi connectivity index (χ1) is 19.2. The van der Waals surface area contributed by atoms with Crippen molar-refractivity contribution in [2.75, 3.05) is 0 Å². The summed E-state index contributed by atoms with van der Waals surface area (Å²) in [5.41, 5.74) is 4.97. The summed E-state index contributed by atoms with van der Waals surface area (Å²) in [6, 6.07) is 45.3. The quantitative estimate of drug-likeness (QED) is 0.232. The minimum Gasteiger partial charge on any atom is -0.208 e. The Kier molecular flexibility index (Phi) is 5.84. The largest absolute Gasteiger partial charge is 0.208 e. The first-order valence-corrected chi connectivity index (χ1v) is 13.2. The fourth-order valence-electron chi connectivity index (χ4n) is 5.10. The lowest BCUT2D eigenvalue weighted by Crippen LogP contribution is -2.00. The molecule has 0 saturated carbocycles. The van der Waals surface area contributed by atoms with Crippen molar-refractivity contribution in [3.63, 3.8) is 0 Å². The second-order valence-corrected chi connectivity index (χ2v) is 9.89. The van der Waals surface area contributed by atoms with Crippen molar-refractivity contribution < 1.29 is 0 Å². The molecule has 4 heteroatoms. The monoisotopic (exact) mass is 519 g/mol. The molecule has 0 aliphatic carbocycles. The summed E-state index contributed by atoms with van der Waals surface area (Å²) in [7, 11) is 0. The van der Waals surface area contributed by atoms with Crippen molar-refractivity contribution in [3.8, 4) is 45.3 Å². The van der Waals surface area contributed by atoms with E-state index in [0.717, 1.165) is 49.4 Å². The highest BCUT2D eigenvalue weighted by molar-refractivity contribution is 6.32. The van der Waals surface area contributed by atoms with E-state index >= 15 is 0 Å². The zero-order valence-corrected chi connectivity index (χ0v) is 21.7. The molecule has 0 atom stereocenters. The van der Waals surface area contributed by atoms with Gasteiger partial charge >= 0.3 is 0 Å². The van der Waals surface area contributed by atoms with Crippen LogP contribution in [0.25, 0.3) is 66.8 Å². The maximum atomic E-state index is 6.52. The molecule has 0 spiro atoms. The molecule has 0 unspecified atom stereocenters. The van der Waals surface area contributed by atoms with Crippen LogP contribution in [0.2, 0.25) is 5.02 Å². The topological polar surface area (TPSA) is 38.7 Å². The van der Waals surface area contributed by atoms with Gasteiger partial charge in [0.25, 0.3) is 0 Å². The van der Waals surface area contributed by atoms with Gasteiger partial charge in [-0.3, -0.25) is 0 Å². The smallest absolute Gasteiger partial charge is 0.164 e. The molecule has 1 heterocycles. The number of hydrogen-bond donors (Lipinski definition) is 0. The van der Waals surface area contributed by atoms with Gasteiger partial charge in [0.05, 0.1) is 0 Å². The Morgan fingerprint density at radius 2 is 0.949 bits per heavy atom. The zero-order chi connectivity index (χ0) is 26.2. The van der Waals surface area contributed by atoms with E-state index in [0.29, 0.717) is 22.5 Å².